The van der Waals surface area contributed by atoms with Crippen molar-refractivity contribution < 1.29 is 4.92 Å². The third kappa shape index (κ3) is 3.59. The van der Waals surface area contributed by atoms with Crippen molar-refractivity contribution in [3.8, 4) is 0 Å². The predicted molar refractivity (Wildman–Crippen MR) is 70.8 cm³/mol. The van der Waals surface area contributed by atoms with E-state index in [1.807, 2.05) is 25.1 Å². The Morgan fingerprint density at radius 1 is 1.35 bits per heavy atom. The summed E-state index contributed by atoms with van der Waals surface area (Å²) in [5.41, 5.74) is 3.18. The summed E-state index contributed by atoms with van der Waals surface area (Å²) in [5.74, 6) is 0. The first kappa shape index (κ1) is 13.2. The largest absolute Gasteiger partial charge is 0.372 e. The predicted octanol–water partition coefficient (Wildman–Crippen LogP) is 3.09. The van der Waals surface area contributed by atoms with Gasteiger partial charge in [-0.25, -0.2) is 0 Å². The van der Waals surface area contributed by atoms with Crippen LogP contribution in [0.2, 0.25) is 0 Å². The maximum atomic E-state index is 10.2. The molecule has 1 rings (SSSR count). The Morgan fingerprint density at radius 3 is 2.47 bits per heavy atom. The van der Waals surface area contributed by atoms with Gasteiger partial charge in [-0.05, 0) is 44.0 Å². The molecule has 0 aliphatic rings. The molecule has 0 radical (unpaired) electrons. The summed E-state index contributed by atoms with van der Waals surface area (Å²) < 4.78 is 0. The molecule has 4 nitrogen and oxygen atoms in total. The number of anilines is 1. The average Bonchev–Trinajstić information content (AvgIpc) is 2.30. The van der Waals surface area contributed by atoms with Crippen LogP contribution in [-0.2, 0) is 0 Å². The summed E-state index contributed by atoms with van der Waals surface area (Å²) in [6.07, 6.45) is 2.48. The quantitative estimate of drug-likeness (QED) is 0.581. The van der Waals surface area contributed by atoms with Gasteiger partial charge in [-0.1, -0.05) is 6.07 Å². The van der Waals surface area contributed by atoms with E-state index >= 15 is 0 Å². The minimum Gasteiger partial charge on any atom is -0.372 e. The zero-order valence-corrected chi connectivity index (χ0v) is 10.5. The van der Waals surface area contributed by atoms with E-state index in [0.717, 1.165) is 30.4 Å². The molecule has 0 heterocycles. The molecule has 0 unspecified atom stereocenters. The van der Waals surface area contributed by atoms with E-state index in [2.05, 4.69) is 18.7 Å². The Hall–Kier alpha value is -1.84. The molecular formula is C13H18N2O2. The minimum atomic E-state index is -0.451. The van der Waals surface area contributed by atoms with Crippen LogP contribution in [0, 0.1) is 17.0 Å². The highest BCUT2D eigenvalue weighted by atomic mass is 16.6. The minimum absolute atomic E-state index is 0.451. The maximum Gasteiger partial charge on any atom is 0.235 e. The molecule has 0 saturated carbocycles. The van der Waals surface area contributed by atoms with Gasteiger partial charge in [0.25, 0.3) is 0 Å². The molecule has 0 aromatic heterocycles. The fourth-order valence-electron chi connectivity index (χ4n) is 1.85. The van der Waals surface area contributed by atoms with Gasteiger partial charge in [-0.2, -0.15) is 0 Å². The Bertz CT molecular complexity index is 423. The number of hydrogen-bond acceptors (Lipinski definition) is 3. The van der Waals surface area contributed by atoms with Crippen LogP contribution < -0.4 is 4.90 Å². The van der Waals surface area contributed by atoms with Crippen LogP contribution in [0.1, 0.15) is 25.0 Å². The number of aryl methyl sites for hydroxylation is 1. The summed E-state index contributed by atoms with van der Waals surface area (Å²) in [6.45, 7) is 8.17. The summed E-state index contributed by atoms with van der Waals surface area (Å²) in [6, 6.07) is 5.89. The van der Waals surface area contributed by atoms with E-state index in [1.165, 1.54) is 11.8 Å². The second kappa shape index (κ2) is 6.03. The summed E-state index contributed by atoms with van der Waals surface area (Å²) >= 11 is 0. The van der Waals surface area contributed by atoms with E-state index in [0.29, 0.717) is 0 Å². The van der Waals surface area contributed by atoms with Gasteiger partial charge in [0.2, 0.25) is 6.20 Å². The van der Waals surface area contributed by atoms with Crippen molar-refractivity contribution in [2.24, 2.45) is 0 Å². The van der Waals surface area contributed by atoms with Crippen LogP contribution in [-0.4, -0.2) is 18.0 Å². The molecular weight excluding hydrogens is 216 g/mol. The van der Waals surface area contributed by atoms with E-state index in [4.69, 9.17) is 0 Å². The number of benzene rings is 1. The standard InChI is InChI=1S/C13H18N2O2/c1-4-14(5-2)13-7-6-12(10-11(13)3)8-9-15(16)17/h6-10H,4-5H2,1-3H3. The molecule has 0 saturated heterocycles. The molecule has 0 amide bonds. The molecule has 0 bridgehead atoms. The lowest BCUT2D eigenvalue weighted by molar-refractivity contribution is -0.400. The molecule has 4 heteroatoms. The first-order chi connectivity index (χ1) is 8.08. The van der Waals surface area contributed by atoms with Gasteiger partial charge in [0.1, 0.15) is 0 Å². The summed E-state index contributed by atoms with van der Waals surface area (Å²) in [4.78, 5) is 12.0. The van der Waals surface area contributed by atoms with Gasteiger partial charge in [-0.15, -0.1) is 0 Å². The topological polar surface area (TPSA) is 46.4 Å². The van der Waals surface area contributed by atoms with Crippen molar-refractivity contribution in [1.82, 2.24) is 0 Å². The van der Waals surface area contributed by atoms with E-state index < -0.39 is 4.92 Å². The zero-order chi connectivity index (χ0) is 12.8. The SMILES string of the molecule is CCN(CC)c1ccc(C=C[N+](=O)[O-])cc1C. The molecule has 0 fully saturated rings. The number of rotatable bonds is 5. The Balaban J connectivity index is 2.97. The zero-order valence-electron chi connectivity index (χ0n) is 10.5. The van der Waals surface area contributed by atoms with E-state index in [9.17, 15) is 10.1 Å². The fraction of sp³-hybridized carbons (Fsp3) is 0.385. The van der Waals surface area contributed by atoms with Crippen LogP contribution in [0.25, 0.3) is 6.08 Å². The average molecular weight is 234 g/mol. The normalized spacial score (nSPS) is 10.8. The lowest BCUT2D eigenvalue weighted by Crippen LogP contribution is -2.22. The van der Waals surface area contributed by atoms with E-state index in [1.54, 1.807) is 0 Å². The second-order valence-electron chi connectivity index (χ2n) is 3.82. The lowest BCUT2D eigenvalue weighted by Gasteiger charge is -2.23. The highest BCUT2D eigenvalue weighted by Gasteiger charge is 2.05. The summed E-state index contributed by atoms with van der Waals surface area (Å²) in [7, 11) is 0. The van der Waals surface area contributed by atoms with Crippen LogP contribution in [0.4, 0.5) is 5.69 Å². The van der Waals surface area contributed by atoms with Crippen molar-refractivity contribution in [3.05, 3.63) is 45.6 Å². The van der Waals surface area contributed by atoms with Crippen molar-refractivity contribution in [2.45, 2.75) is 20.8 Å². The van der Waals surface area contributed by atoms with Crippen LogP contribution >= 0.6 is 0 Å². The molecule has 0 spiro atoms. The number of hydrogen-bond donors (Lipinski definition) is 0. The van der Waals surface area contributed by atoms with Gasteiger partial charge in [0, 0.05) is 24.9 Å². The van der Waals surface area contributed by atoms with Crippen molar-refractivity contribution in [2.75, 3.05) is 18.0 Å². The lowest BCUT2D eigenvalue weighted by atomic mass is 10.1. The monoisotopic (exact) mass is 234 g/mol. The fourth-order valence-corrected chi connectivity index (χ4v) is 1.85. The Kier molecular flexibility index (Phi) is 4.69. The molecule has 0 atom stereocenters. The highest BCUT2D eigenvalue weighted by Crippen LogP contribution is 2.21. The van der Waals surface area contributed by atoms with Gasteiger partial charge in [0.05, 0.1) is 4.92 Å². The summed E-state index contributed by atoms with van der Waals surface area (Å²) in [5, 5.41) is 10.2. The molecule has 0 aliphatic carbocycles. The van der Waals surface area contributed by atoms with E-state index in [-0.39, 0.29) is 0 Å². The van der Waals surface area contributed by atoms with Crippen LogP contribution in [0.3, 0.4) is 0 Å². The molecule has 1 aromatic carbocycles. The first-order valence-electron chi connectivity index (χ1n) is 5.75. The molecule has 17 heavy (non-hydrogen) atoms. The highest BCUT2D eigenvalue weighted by molar-refractivity contribution is 5.60. The van der Waals surface area contributed by atoms with Gasteiger partial charge in [0.15, 0.2) is 0 Å². The maximum absolute atomic E-state index is 10.2. The molecule has 0 N–H and O–H groups in total. The third-order valence-corrected chi connectivity index (χ3v) is 2.71. The van der Waals surface area contributed by atoms with Gasteiger partial charge < -0.3 is 4.90 Å². The van der Waals surface area contributed by atoms with Crippen LogP contribution in [0.5, 0.6) is 0 Å². The number of nitrogens with zero attached hydrogens (tertiary/aromatic N) is 2. The van der Waals surface area contributed by atoms with Crippen molar-refractivity contribution >= 4 is 11.8 Å². The molecule has 0 aliphatic heterocycles. The van der Waals surface area contributed by atoms with Crippen molar-refractivity contribution in [1.29, 1.82) is 0 Å². The Morgan fingerprint density at radius 2 is 2.00 bits per heavy atom. The second-order valence-corrected chi connectivity index (χ2v) is 3.82. The van der Waals surface area contributed by atoms with Gasteiger partial charge in [-0.3, -0.25) is 10.1 Å². The third-order valence-electron chi connectivity index (χ3n) is 2.71. The molecule has 1 aromatic rings. The first-order valence-corrected chi connectivity index (χ1v) is 5.75. The smallest absolute Gasteiger partial charge is 0.235 e. The molecule has 92 valence electrons. The number of nitro groups is 1. The van der Waals surface area contributed by atoms with Crippen molar-refractivity contribution in [3.63, 3.8) is 0 Å². The Labute approximate surface area is 102 Å². The van der Waals surface area contributed by atoms with Crippen LogP contribution in [0.15, 0.2) is 24.4 Å². The van der Waals surface area contributed by atoms with Gasteiger partial charge >= 0.3 is 0 Å².